The van der Waals surface area contributed by atoms with E-state index in [-0.39, 0.29) is 24.0 Å². The van der Waals surface area contributed by atoms with Crippen molar-refractivity contribution in [3.8, 4) is 0 Å². The molecule has 1 fully saturated rings. The van der Waals surface area contributed by atoms with Gasteiger partial charge in [0.15, 0.2) is 0 Å². The van der Waals surface area contributed by atoms with Gasteiger partial charge in [0.05, 0.1) is 19.0 Å². The third kappa shape index (κ3) is 3.91. The molecule has 25 heavy (non-hydrogen) atoms. The highest BCUT2D eigenvalue weighted by molar-refractivity contribution is 5.94. The van der Waals surface area contributed by atoms with Gasteiger partial charge in [0.1, 0.15) is 0 Å². The molecule has 1 aromatic heterocycles. The van der Waals surface area contributed by atoms with Crippen molar-refractivity contribution in [2.75, 3.05) is 13.1 Å². The number of nitrogens with two attached hydrogens (primary N) is 1. The first-order chi connectivity index (χ1) is 12.0. The highest BCUT2D eigenvalue weighted by Crippen LogP contribution is 2.27. The molecule has 2 aromatic rings. The van der Waals surface area contributed by atoms with Crippen molar-refractivity contribution in [1.82, 2.24) is 14.5 Å². The molecule has 3 rings (SSSR count). The number of benzene rings is 1. The second kappa shape index (κ2) is 7.37. The van der Waals surface area contributed by atoms with Crippen LogP contribution in [0.1, 0.15) is 41.4 Å². The predicted octanol–water partition coefficient (Wildman–Crippen LogP) is 1.91. The van der Waals surface area contributed by atoms with Crippen LogP contribution in [-0.2, 0) is 18.4 Å². The molecule has 6 nitrogen and oxygen atoms in total. The monoisotopic (exact) mass is 342 g/mol. The first kappa shape index (κ1) is 17.6. The lowest BCUT2D eigenvalue weighted by molar-refractivity contribution is 0.0656. The van der Waals surface area contributed by atoms with E-state index in [2.05, 4.69) is 4.98 Å². The van der Waals surface area contributed by atoms with Gasteiger partial charge < -0.3 is 19.9 Å². The zero-order valence-electron chi connectivity index (χ0n) is 15.1. The van der Waals surface area contributed by atoms with E-state index in [9.17, 15) is 4.79 Å². The zero-order chi connectivity index (χ0) is 18.0. The number of carbonyl (C=O) groups is 1. The van der Waals surface area contributed by atoms with Crippen LogP contribution in [0.5, 0.6) is 0 Å². The Morgan fingerprint density at radius 3 is 2.64 bits per heavy atom. The van der Waals surface area contributed by atoms with Crippen molar-refractivity contribution >= 4 is 5.91 Å². The van der Waals surface area contributed by atoms with Crippen LogP contribution in [0.2, 0.25) is 0 Å². The largest absolute Gasteiger partial charge is 0.374 e. The highest BCUT2D eigenvalue weighted by atomic mass is 16.5. The Bertz CT molecular complexity index is 723. The molecule has 0 aliphatic carbocycles. The van der Waals surface area contributed by atoms with Gasteiger partial charge in [-0.3, -0.25) is 4.79 Å². The molecule has 2 atom stereocenters. The minimum Gasteiger partial charge on any atom is -0.374 e. The maximum absolute atomic E-state index is 12.8. The number of aromatic nitrogens is 2. The van der Waals surface area contributed by atoms with Gasteiger partial charge in [-0.1, -0.05) is 12.1 Å². The fourth-order valence-corrected chi connectivity index (χ4v) is 3.22. The summed E-state index contributed by atoms with van der Waals surface area (Å²) in [5, 5.41) is 0. The Morgan fingerprint density at radius 1 is 1.32 bits per heavy atom. The molecule has 0 radical (unpaired) electrons. The van der Waals surface area contributed by atoms with E-state index in [1.54, 1.807) is 6.33 Å². The van der Waals surface area contributed by atoms with E-state index < -0.39 is 0 Å². The SMILES string of the molecule is CC(C)OCc1ccc(C(=O)N2C[C@@H](N)[C@H](c3cncn3C)C2)cc1. The molecule has 2 heterocycles. The molecule has 1 aliphatic rings. The van der Waals surface area contributed by atoms with Gasteiger partial charge in [0.25, 0.3) is 5.91 Å². The highest BCUT2D eigenvalue weighted by Gasteiger charge is 2.35. The number of aryl methyl sites for hydroxylation is 1. The standard InChI is InChI=1S/C19H26N4O2/c1-13(2)25-11-14-4-6-15(7-5-14)19(24)23-9-16(17(20)10-23)18-8-21-12-22(18)3/h4-8,12-13,16-17H,9-11,20H2,1-3H3/t16-,17-/m1/s1. The van der Waals surface area contributed by atoms with Crippen molar-refractivity contribution in [3.63, 3.8) is 0 Å². The molecule has 0 bridgehead atoms. The average Bonchev–Trinajstić information content (AvgIpc) is 3.18. The quantitative estimate of drug-likeness (QED) is 0.901. The number of carbonyl (C=O) groups excluding carboxylic acids is 1. The Morgan fingerprint density at radius 2 is 2.04 bits per heavy atom. The van der Waals surface area contributed by atoms with Gasteiger partial charge in [0.2, 0.25) is 0 Å². The Balaban J connectivity index is 1.66. The summed E-state index contributed by atoms with van der Waals surface area (Å²) in [6, 6.07) is 7.56. The van der Waals surface area contributed by atoms with E-state index in [1.165, 1.54) is 0 Å². The average molecular weight is 342 g/mol. The molecular weight excluding hydrogens is 316 g/mol. The summed E-state index contributed by atoms with van der Waals surface area (Å²) in [7, 11) is 1.96. The van der Waals surface area contributed by atoms with Gasteiger partial charge in [-0.2, -0.15) is 0 Å². The molecule has 0 spiro atoms. The first-order valence-corrected chi connectivity index (χ1v) is 8.67. The number of imidazole rings is 1. The van der Waals surface area contributed by atoms with E-state index in [0.29, 0.717) is 25.3 Å². The summed E-state index contributed by atoms with van der Waals surface area (Å²) < 4.78 is 7.56. The topological polar surface area (TPSA) is 73.4 Å². The maximum Gasteiger partial charge on any atom is 0.253 e. The maximum atomic E-state index is 12.8. The van der Waals surface area contributed by atoms with Crippen molar-refractivity contribution in [3.05, 3.63) is 53.6 Å². The molecule has 1 saturated heterocycles. The number of hydrogen-bond acceptors (Lipinski definition) is 4. The molecule has 134 valence electrons. The Kier molecular flexibility index (Phi) is 5.20. The molecule has 1 amide bonds. The van der Waals surface area contributed by atoms with Crippen LogP contribution in [0.3, 0.4) is 0 Å². The Labute approximate surface area is 148 Å². The second-order valence-electron chi connectivity index (χ2n) is 6.97. The summed E-state index contributed by atoms with van der Waals surface area (Å²) in [5.41, 5.74) is 9.11. The number of ether oxygens (including phenoxy) is 1. The normalized spacial score (nSPS) is 20.4. The van der Waals surface area contributed by atoms with E-state index in [4.69, 9.17) is 10.5 Å². The van der Waals surface area contributed by atoms with Gasteiger partial charge in [0, 0.05) is 49.6 Å². The Hall–Kier alpha value is -2.18. The van der Waals surface area contributed by atoms with E-state index in [0.717, 1.165) is 11.3 Å². The van der Waals surface area contributed by atoms with Crippen LogP contribution in [0.4, 0.5) is 0 Å². The minimum absolute atomic E-state index is 0.0245. The number of amides is 1. The van der Waals surface area contributed by atoms with E-state index >= 15 is 0 Å². The number of rotatable bonds is 5. The molecular formula is C19H26N4O2. The van der Waals surface area contributed by atoms with Gasteiger partial charge in [-0.05, 0) is 31.5 Å². The third-order valence-corrected chi connectivity index (χ3v) is 4.67. The van der Waals surface area contributed by atoms with Crippen molar-refractivity contribution in [2.45, 2.75) is 38.5 Å². The van der Waals surface area contributed by atoms with Crippen molar-refractivity contribution < 1.29 is 9.53 Å². The van der Waals surface area contributed by atoms with Crippen molar-refractivity contribution in [2.24, 2.45) is 12.8 Å². The smallest absolute Gasteiger partial charge is 0.253 e. The fourth-order valence-electron chi connectivity index (χ4n) is 3.22. The van der Waals surface area contributed by atoms with Gasteiger partial charge in [-0.25, -0.2) is 4.98 Å². The van der Waals surface area contributed by atoms with Crippen LogP contribution in [-0.4, -0.2) is 45.6 Å². The van der Waals surface area contributed by atoms with Gasteiger partial charge >= 0.3 is 0 Å². The molecule has 1 aliphatic heterocycles. The van der Waals surface area contributed by atoms with Crippen LogP contribution >= 0.6 is 0 Å². The van der Waals surface area contributed by atoms with Gasteiger partial charge in [-0.15, -0.1) is 0 Å². The second-order valence-corrected chi connectivity index (χ2v) is 6.97. The van der Waals surface area contributed by atoms with Crippen molar-refractivity contribution in [1.29, 1.82) is 0 Å². The summed E-state index contributed by atoms with van der Waals surface area (Å²) in [5.74, 6) is 0.145. The number of hydrogen-bond donors (Lipinski definition) is 1. The summed E-state index contributed by atoms with van der Waals surface area (Å²) in [4.78, 5) is 18.8. The third-order valence-electron chi connectivity index (χ3n) is 4.67. The first-order valence-electron chi connectivity index (χ1n) is 8.67. The van der Waals surface area contributed by atoms with Crippen LogP contribution in [0.15, 0.2) is 36.8 Å². The summed E-state index contributed by atoms with van der Waals surface area (Å²) in [6.45, 7) is 5.76. The van der Waals surface area contributed by atoms with Crippen LogP contribution in [0.25, 0.3) is 0 Å². The lowest BCUT2D eigenvalue weighted by Crippen LogP contribution is -2.32. The lowest BCUT2D eigenvalue weighted by Gasteiger charge is -2.17. The predicted molar refractivity (Wildman–Crippen MR) is 96.2 cm³/mol. The molecule has 1 aromatic carbocycles. The fraction of sp³-hybridized carbons (Fsp3) is 0.474. The summed E-state index contributed by atoms with van der Waals surface area (Å²) in [6.07, 6.45) is 3.79. The minimum atomic E-state index is -0.0712. The molecule has 2 N–H and O–H groups in total. The molecule has 0 saturated carbocycles. The molecule has 6 heteroatoms. The summed E-state index contributed by atoms with van der Waals surface area (Å²) >= 11 is 0. The van der Waals surface area contributed by atoms with Crippen LogP contribution in [0, 0.1) is 0 Å². The van der Waals surface area contributed by atoms with E-state index in [1.807, 2.05) is 60.8 Å². The number of nitrogens with zero attached hydrogens (tertiary/aromatic N) is 3. The zero-order valence-corrected chi connectivity index (χ0v) is 15.1. The lowest BCUT2D eigenvalue weighted by atomic mass is 10.0. The molecule has 0 unspecified atom stereocenters. The number of likely N-dealkylation sites (tertiary alicyclic amines) is 1. The van der Waals surface area contributed by atoms with Crippen LogP contribution < -0.4 is 5.73 Å².